The molecule has 0 unspecified atom stereocenters. The highest BCUT2D eigenvalue weighted by atomic mass is 28.3. The van der Waals surface area contributed by atoms with Gasteiger partial charge in [0.2, 0.25) is 5.91 Å². The van der Waals surface area contributed by atoms with Crippen molar-refractivity contribution in [1.29, 1.82) is 0 Å². The van der Waals surface area contributed by atoms with Crippen LogP contribution in [0.2, 0.25) is 18.6 Å². The van der Waals surface area contributed by atoms with Crippen molar-refractivity contribution >= 4 is 25.1 Å². The zero-order valence-corrected chi connectivity index (χ0v) is 29.8. The quantitative estimate of drug-likeness (QED) is 0.0651. The smallest absolute Gasteiger partial charge is 0.306 e. The Morgan fingerprint density at radius 2 is 1.12 bits per heavy atom. The molecule has 5 rings (SSSR count). The first-order chi connectivity index (χ1) is 23.8. The van der Waals surface area contributed by atoms with Crippen LogP contribution < -0.4 is 10.5 Å². The number of esters is 1. The van der Waals surface area contributed by atoms with E-state index in [0.717, 1.165) is 22.3 Å². The molecule has 5 aromatic carbocycles. The zero-order valence-electron chi connectivity index (χ0n) is 28.8. The molecule has 6 heteroatoms. The van der Waals surface area contributed by atoms with Crippen molar-refractivity contribution in [1.82, 2.24) is 5.32 Å². The van der Waals surface area contributed by atoms with Gasteiger partial charge in [0.05, 0.1) is 20.7 Å². The lowest BCUT2D eigenvalue weighted by Crippen LogP contribution is -2.48. The Hall–Kier alpha value is -4.78. The fourth-order valence-corrected chi connectivity index (χ4v) is 8.58. The van der Waals surface area contributed by atoms with Crippen molar-refractivity contribution < 1.29 is 19.1 Å². The molecule has 0 radical (unpaired) electrons. The van der Waals surface area contributed by atoms with Gasteiger partial charge in [-0.3, -0.25) is 9.59 Å². The van der Waals surface area contributed by atoms with Crippen LogP contribution in [0, 0.1) is 0 Å². The number of ether oxygens (including phenoxy) is 2. The second-order valence-corrected chi connectivity index (χ2v) is 18.2. The third-order valence-corrected chi connectivity index (χ3v) is 14.1. The van der Waals surface area contributed by atoms with Crippen molar-refractivity contribution in [2.75, 3.05) is 6.61 Å². The van der Waals surface area contributed by atoms with E-state index in [-0.39, 0.29) is 37.1 Å². The highest BCUT2D eigenvalue weighted by Crippen LogP contribution is 2.40. The van der Waals surface area contributed by atoms with Crippen molar-refractivity contribution in [3.05, 3.63) is 174 Å². The van der Waals surface area contributed by atoms with Gasteiger partial charge in [0.1, 0.15) is 12.2 Å². The van der Waals surface area contributed by atoms with Crippen LogP contribution in [0.4, 0.5) is 0 Å². The lowest BCUT2D eigenvalue weighted by Gasteiger charge is -2.37. The molecule has 5 aromatic rings. The van der Waals surface area contributed by atoms with Crippen LogP contribution in [-0.4, -0.2) is 32.6 Å². The van der Waals surface area contributed by atoms with E-state index in [1.807, 2.05) is 91.0 Å². The van der Waals surface area contributed by atoms with Crippen LogP contribution in [0.5, 0.6) is 0 Å². The fraction of sp³-hybridized carbons (Fsp3) is 0.256. The first-order valence-corrected chi connectivity index (χ1v) is 20.2. The number of rotatable bonds is 16. The maximum Gasteiger partial charge on any atom is 0.306 e. The molecule has 0 aromatic heterocycles. The number of hydrogen-bond donors (Lipinski definition) is 1. The van der Waals surface area contributed by atoms with Gasteiger partial charge in [-0.1, -0.05) is 177 Å². The molecule has 0 aliphatic rings. The standard InChI is InChI=1S/C43H47NO4Si/c1-34(49(2,3)40-27-17-8-18-28-40)31-41(45)44-39(29-30-42(46)47-32-35-19-9-4-10-20-35)33-48-43(36-21-11-5-12-22-36,37-23-13-6-14-24-37)38-25-15-7-16-26-38/h4-28,34,39H,29-33H2,1-3H3,(H,44,45)/t34-,39-/m0/s1. The predicted molar refractivity (Wildman–Crippen MR) is 200 cm³/mol. The van der Waals surface area contributed by atoms with Crippen molar-refractivity contribution in [3.8, 4) is 0 Å². The topological polar surface area (TPSA) is 64.6 Å². The number of carbonyl (C=O) groups is 2. The number of amides is 1. The van der Waals surface area contributed by atoms with Crippen LogP contribution in [-0.2, 0) is 31.3 Å². The van der Waals surface area contributed by atoms with Gasteiger partial charge in [-0.25, -0.2) is 0 Å². The Kier molecular flexibility index (Phi) is 12.4. The Morgan fingerprint density at radius 3 is 1.61 bits per heavy atom. The molecule has 0 fully saturated rings. The number of benzene rings is 5. The van der Waals surface area contributed by atoms with E-state index in [2.05, 4.69) is 86.0 Å². The SMILES string of the molecule is C[C@@H](CC(=O)N[C@@H](CCC(=O)OCc1ccccc1)COC(c1ccccc1)(c1ccccc1)c1ccccc1)[Si](C)(C)c1ccccc1. The summed E-state index contributed by atoms with van der Waals surface area (Å²) in [5, 5.41) is 4.61. The van der Waals surface area contributed by atoms with Crippen molar-refractivity contribution in [2.45, 2.75) is 63.1 Å². The van der Waals surface area contributed by atoms with E-state index in [0.29, 0.717) is 12.8 Å². The van der Waals surface area contributed by atoms with Crippen LogP contribution >= 0.6 is 0 Å². The Balaban J connectivity index is 1.39. The zero-order chi connectivity index (χ0) is 34.5. The van der Waals surface area contributed by atoms with Gasteiger partial charge < -0.3 is 14.8 Å². The van der Waals surface area contributed by atoms with Gasteiger partial charge in [-0.2, -0.15) is 0 Å². The van der Waals surface area contributed by atoms with Gasteiger partial charge in [-0.05, 0) is 34.2 Å². The third kappa shape index (κ3) is 9.22. The molecule has 5 nitrogen and oxygen atoms in total. The summed E-state index contributed by atoms with van der Waals surface area (Å²) < 4.78 is 12.7. The molecule has 1 N–H and O–H groups in total. The highest BCUT2D eigenvalue weighted by molar-refractivity contribution is 6.91. The minimum absolute atomic E-state index is 0.0417. The van der Waals surface area contributed by atoms with Crippen molar-refractivity contribution in [2.24, 2.45) is 0 Å². The molecule has 0 spiro atoms. The molecule has 0 aliphatic heterocycles. The molecule has 0 heterocycles. The Morgan fingerprint density at radius 1 is 0.673 bits per heavy atom. The van der Waals surface area contributed by atoms with Gasteiger partial charge >= 0.3 is 5.97 Å². The molecule has 1 amide bonds. The molecule has 252 valence electrons. The summed E-state index contributed by atoms with van der Waals surface area (Å²) in [6.07, 6.45) is 0.919. The number of hydrogen-bond acceptors (Lipinski definition) is 4. The summed E-state index contributed by atoms with van der Waals surface area (Å²) in [4.78, 5) is 26.7. The first kappa shape index (κ1) is 35.5. The molecule has 0 saturated carbocycles. The van der Waals surface area contributed by atoms with Crippen LogP contribution in [0.1, 0.15) is 48.4 Å². The predicted octanol–water partition coefficient (Wildman–Crippen LogP) is 8.40. The summed E-state index contributed by atoms with van der Waals surface area (Å²) in [6.45, 7) is 7.21. The van der Waals surface area contributed by atoms with Crippen LogP contribution in [0.15, 0.2) is 152 Å². The van der Waals surface area contributed by atoms with E-state index in [1.54, 1.807) is 0 Å². The average Bonchev–Trinajstić information content (AvgIpc) is 3.15. The first-order valence-electron chi connectivity index (χ1n) is 17.1. The lowest BCUT2D eigenvalue weighted by atomic mass is 9.80. The summed E-state index contributed by atoms with van der Waals surface area (Å²) in [5.74, 6) is -0.352. The Bertz CT molecular complexity index is 1640. The van der Waals surface area contributed by atoms with Gasteiger partial charge in [0, 0.05) is 12.8 Å². The molecule has 0 aliphatic carbocycles. The molecular weight excluding hydrogens is 623 g/mol. The summed E-state index contributed by atoms with van der Waals surface area (Å²) in [7, 11) is -1.92. The van der Waals surface area contributed by atoms with Gasteiger partial charge in [0.25, 0.3) is 0 Å². The van der Waals surface area contributed by atoms with E-state index >= 15 is 0 Å². The average molecular weight is 670 g/mol. The fourth-order valence-electron chi connectivity index (χ4n) is 6.27. The molecule has 49 heavy (non-hydrogen) atoms. The molecule has 2 atom stereocenters. The number of carbonyl (C=O) groups excluding carboxylic acids is 2. The van der Waals surface area contributed by atoms with E-state index in [9.17, 15) is 9.59 Å². The van der Waals surface area contributed by atoms with E-state index in [1.165, 1.54) is 5.19 Å². The largest absolute Gasteiger partial charge is 0.461 e. The minimum Gasteiger partial charge on any atom is -0.461 e. The normalized spacial score (nSPS) is 12.9. The second-order valence-electron chi connectivity index (χ2n) is 13.2. The monoisotopic (exact) mass is 669 g/mol. The second kappa shape index (κ2) is 17.0. The van der Waals surface area contributed by atoms with E-state index < -0.39 is 19.7 Å². The molecule has 0 saturated heterocycles. The summed E-state index contributed by atoms with van der Waals surface area (Å²) in [6, 6.07) is 50.3. The van der Waals surface area contributed by atoms with E-state index in [4.69, 9.17) is 9.47 Å². The highest BCUT2D eigenvalue weighted by Gasteiger charge is 2.38. The summed E-state index contributed by atoms with van der Waals surface area (Å²) in [5.41, 5.74) is 3.11. The minimum atomic E-state index is -1.92. The number of nitrogens with one attached hydrogen (secondary N) is 1. The maximum atomic E-state index is 13.8. The van der Waals surface area contributed by atoms with Crippen LogP contribution in [0.3, 0.4) is 0 Å². The van der Waals surface area contributed by atoms with Gasteiger partial charge in [0.15, 0.2) is 0 Å². The third-order valence-electron chi connectivity index (χ3n) is 9.59. The molecule has 0 bridgehead atoms. The van der Waals surface area contributed by atoms with Crippen LogP contribution in [0.25, 0.3) is 0 Å². The lowest BCUT2D eigenvalue weighted by molar-refractivity contribution is -0.145. The molecular formula is C43H47NO4Si. The maximum absolute atomic E-state index is 13.8. The summed E-state index contributed by atoms with van der Waals surface area (Å²) >= 11 is 0. The Labute approximate surface area is 292 Å². The van der Waals surface area contributed by atoms with Gasteiger partial charge in [-0.15, -0.1) is 0 Å². The van der Waals surface area contributed by atoms with Crippen molar-refractivity contribution in [3.63, 3.8) is 0 Å².